The van der Waals surface area contributed by atoms with Crippen molar-refractivity contribution in [1.82, 2.24) is 5.32 Å². The fraction of sp³-hybridized carbons (Fsp3) is 0.235. The molecule has 130 valence electrons. The minimum atomic E-state index is -3.02. The van der Waals surface area contributed by atoms with Gasteiger partial charge in [-0.25, -0.2) is 8.42 Å². The van der Waals surface area contributed by atoms with Crippen LogP contribution in [0.5, 0.6) is 11.5 Å². The van der Waals surface area contributed by atoms with Crippen LogP contribution >= 0.6 is 12.2 Å². The topological polar surface area (TPSA) is 84.7 Å². The maximum absolute atomic E-state index is 11.9. The molecule has 2 aromatic rings. The van der Waals surface area contributed by atoms with Crippen LogP contribution < -0.4 is 20.7 Å². The van der Waals surface area contributed by atoms with Gasteiger partial charge in [-0.15, -0.1) is 0 Å². The molecule has 2 aromatic carbocycles. The third kappa shape index (κ3) is 3.14. The van der Waals surface area contributed by atoms with Gasteiger partial charge in [0.2, 0.25) is 0 Å². The Kier molecular flexibility index (Phi) is 3.81. The Bertz CT molecular complexity index is 911. The lowest BCUT2D eigenvalue weighted by Gasteiger charge is -2.23. The number of nitrogens with one attached hydrogen (secondary N) is 1. The van der Waals surface area contributed by atoms with E-state index in [2.05, 4.69) is 5.32 Å². The van der Waals surface area contributed by atoms with Crippen LogP contribution in [-0.2, 0) is 9.84 Å². The molecule has 3 N–H and O–H groups in total. The lowest BCUT2D eigenvalue weighted by atomic mass is 10.1. The Balaban J connectivity index is 1.53. The third-order valence-corrected chi connectivity index (χ3v) is 6.44. The van der Waals surface area contributed by atoms with Gasteiger partial charge in [-0.3, -0.25) is 0 Å². The van der Waals surface area contributed by atoms with E-state index in [9.17, 15) is 8.42 Å². The Morgan fingerprint density at radius 3 is 2.28 bits per heavy atom. The van der Waals surface area contributed by atoms with Gasteiger partial charge in [0.25, 0.3) is 0 Å². The minimum absolute atomic E-state index is 0.120. The van der Waals surface area contributed by atoms with Crippen molar-refractivity contribution in [2.75, 3.05) is 22.1 Å². The highest BCUT2D eigenvalue weighted by atomic mass is 32.2. The SMILES string of the molecule is Nc1ccc(Oc2ccc(N3C(=S)N[C@@H]4CS(=O)(=O)C[C@@H]43)cc2)cc1. The lowest BCUT2D eigenvalue weighted by Crippen LogP contribution is -2.36. The first-order valence-electron chi connectivity index (χ1n) is 7.85. The largest absolute Gasteiger partial charge is 0.457 e. The van der Waals surface area contributed by atoms with E-state index in [1.54, 1.807) is 24.3 Å². The Morgan fingerprint density at radius 1 is 1.04 bits per heavy atom. The molecule has 0 aromatic heterocycles. The molecule has 2 saturated heterocycles. The number of benzene rings is 2. The van der Waals surface area contributed by atoms with Crippen LogP contribution in [0.15, 0.2) is 48.5 Å². The zero-order valence-corrected chi connectivity index (χ0v) is 14.9. The zero-order chi connectivity index (χ0) is 17.6. The van der Waals surface area contributed by atoms with Crippen LogP contribution in [0.4, 0.5) is 11.4 Å². The molecule has 2 atom stereocenters. The molecule has 2 fully saturated rings. The third-order valence-electron chi connectivity index (χ3n) is 4.41. The molecule has 0 amide bonds. The summed E-state index contributed by atoms with van der Waals surface area (Å²) in [5.74, 6) is 1.63. The van der Waals surface area contributed by atoms with Gasteiger partial charge in [-0.1, -0.05) is 0 Å². The fourth-order valence-corrected chi connectivity index (χ4v) is 5.54. The van der Waals surface area contributed by atoms with Crippen LogP contribution in [0, 0.1) is 0 Å². The summed E-state index contributed by atoms with van der Waals surface area (Å²) in [6.45, 7) is 0. The molecule has 2 heterocycles. The number of sulfone groups is 1. The predicted octanol–water partition coefficient (Wildman–Crippen LogP) is 1.92. The summed E-state index contributed by atoms with van der Waals surface area (Å²) >= 11 is 5.38. The molecule has 25 heavy (non-hydrogen) atoms. The summed E-state index contributed by atoms with van der Waals surface area (Å²) in [5.41, 5.74) is 7.20. The van der Waals surface area contributed by atoms with Gasteiger partial charge in [0.1, 0.15) is 11.5 Å². The maximum atomic E-state index is 11.9. The molecule has 0 spiro atoms. The summed E-state index contributed by atoms with van der Waals surface area (Å²) in [7, 11) is -3.02. The van der Waals surface area contributed by atoms with Crippen molar-refractivity contribution in [2.45, 2.75) is 12.1 Å². The van der Waals surface area contributed by atoms with Crippen LogP contribution in [0.2, 0.25) is 0 Å². The second kappa shape index (κ2) is 5.89. The first kappa shape index (κ1) is 16.2. The number of nitrogens with two attached hydrogens (primary N) is 1. The number of rotatable bonds is 3. The van der Waals surface area contributed by atoms with Gasteiger partial charge < -0.3 is 20.7 Å². The number of ether oxygens (including phenoxy) is 1. The molecule has 0 bridgehead atoms. The van der Waals surface area contributed by atoms with Crippen molar-refractivity contribution < 1.29 is 13.2 Å². The van der Waals surface area contributed by atoms with Gasteiger partial charge in [-0.05, 0) is 60.7 Å². The monoisotopic (exact) mass is 375 g/mol. The molecular weight excluding hydrogens is 358 g/mol. The Labute approximate surface area is 151 Å². The van der Waals surface area contributed by atoms with E-state index in [4.69, 9.17) is 22.7 Å². The molecule has 2 aliphatic rings. The van der Waals surface area contributed by atoms with Crippen molar-refractivity contribution in [3.8, 4) is 11.5 Å². The van der Waals surface area contributed by atoms with E-state index in [1.165, 1.54) is 0 Å². The molecule has 0 aliphatic carbocycles. The Morgan fingerprint density at radius 2 is 1.64 bits per heavy atom. The van der Waals surface area contributed by atoms with Gasteiger partial charge in [-0.2, -0.15) is 0 Å². The minimum Gasteiger partial charge on any atom is -0.457 e. The molecular formula is C17H17N3O3S2. The maximum Gasteiger partial charge on any atom is 0.174 e. The van der Waals surface area contributed by atoms with Gasteiger partial charge >= 0.3 is 0 Å². The number of hydrogen-bond donors (Lipinski definition) is 2. The average Bonchev–Trinajstić information content (AvgIpc) is 3.00. The van der Waals surface area contributed by atoms with Crippen LogP contribution in [0.3, 0.4) is 0 Å². The van der Waals surface area contributed by atoms with Crippen molar-refractivity contribution in [2.24, 2.45) is 0 Å². The first-order valence-corrected chi connectivity index (χ1v) is 10.1. The number of anilines is 2. The summed E-state index contributed by atoms with van der Waals surface area (Å²) in [5, 5.41) is 3.68. The standard InChI is InChI=1S/C17H17N3O3S2/c18-11-1-5-13(6-2-11)23-14-7-3-12(4-8-14)20-16-10-25(21,22)9-15(16)19-17(20)24/h1-8,15-16H,9-10,18H2,(H,19,24)/t15-,16+/m1/s1. The molecule has 6 nitrogen and oxygen atoms in total. The van der Waals surface area contributed by atoms with Crippen LogP contribution in [0.25, 0.3) is 0 Å². The molecule has 0 radical (unpaired) electrons. The van der Waals surface area contributed by atoms with E-state index in [0.29, 0.717) is 22.3 Å². The van der Waals surface area contributed by atoms with Crippen LogP contribution in [0.1, 0.15) is 0 Å². The average molecular weight is 375 g/mol. The highest BCUT2D eigenvalue weighted by molar-refractivity contribution is 7.91. The summed E-state index contributed by atoms with van der Waals surface area (Å²) in [4.78, 5) is 1.89. The fourth-order valence-electron chi connectivity index (χ4n) is 3.26. The van der Waals surface area contributed by atoms with Crippen molar-refractivity contribution in [3.63, 3.8) is 0 Å². The van der Waals surface area contributed by atoms with Gasteiger partial charge in [0.15, 0.2) is 14.9 Å². The van der Waals surface area contributed by atoms with Gasteiger partial charge in [0.05, 0.1) is 23.6 Å². The van der Waals surface area contributed by atoms with Gasteiger partial charge in [0, 0.05) is 11.4 Å². The summed E-state index contributed by atoms with van der Waals surface area (Å²) < 4.78 is 29.5. The van der Waals surface area contributed by atoms with E-state index >= 15 is 0 Å². The van der Waals surface area contributed by atoms with Crippen molar-refractivity contribution in [1.29, 1.82) is 0 Å². The first-order chi connectivity index (χ1) is 11.9. The molecule has 0 unspecified atom stereocenters. The van der Waals surface area contributed by atoms with E-state index < -0.39 is 9.84 Å². The smallest absolute Gasteiger partial charge is 0.174 e. The Hall–Kier alpha value is -2.32. The molecule has 2 aliphatic heterocycles. The number of thiocarbonyl (C=S) groups is 1. The second-order valence-electron chi connectivity index (χ2n) is 6.24. The lowest BCUT2D eigenvalue weighted by molar-refractivity contribution is 0.483. The van der Waals surface area contributed by atoms with Crippen molar-refractivity contribution >= 4 is 38.5 Å². The molecule has 4 rings (SSSR count). The quantitative estimate of drug-likeness (QED) is 0.626. The normalized spacial score (nSPS) is 24.0. The number of hydrogen-bond acceptors (Lipinski definition) is 5. The zero-order valence-electron chi connectivity index (χ0n) is 13.3. The predicted molar refractivity (Wildman–Crippen MR) is 102 cm³/mol. The second-order valence-corrected chi connectivity index (χ2v) is 8.78. The summed E-state index contributed by atoms with van der Waals surface area (Å²) in [6.07, 6.45) is 0. The number of nitrogen functional groups attached to an aromatic ring is 1. The molecule has 8 heteroatoms. The van der Waals surface area contributed by atoms with E-state index in [0.717, 1.165) is 5.69 Å². The van der Waals surface area contributed by atoms with Crippen molar-refractivity contribution in [3.05, 3.63) is 48.5 Å². The van der Waals surface area contributed by atoms with E-state index in [1.807, 2.05) is 29.2 Å². The highest BCUT2D eigenvalue weighted by Gasteiger charge is 2.47. The van der Waals surface area contributed by atoms with Crippen LogP contribution in [-0.4, -0.2) is 37.1 Å². The summed E-state index contributed by atoms with van der Waals surface area (Å²) in [6, 6.07) is 14.3. The number of nitrogens with zero attached hydrogens (tertiary/aromatic N) is 1. The van der Waals surface area contributed by atoms with E-state index in [-0.39, 0.29) is 23.6 Å². The molecule has 0 saturated carbocycles. The highest BCUT2D eigenvalue weighted by Crippen LogP contribution is 2.31. The number of fused-ring (bicyclic) bond motifs is 1.